The van der Waals surface area contributed by atoms with Crippen LogP contribution in [-0.2, 0) is 16.0 Å². The van der Waals surface area contributed by atoms with E-state index < -0.39 is 5.60 Å². The second-order valence-electron chi connectivity index (χ2n) is 5.72. The highest BCUT2D eigenvalue weighted by atomic mass is 16.6. The summed E-state index contributed by atoms with van der Waals surface area (Å²) in [7, 11) is 0. The lowest BCUT2D eigenvalue weighted by atomic mass is 9.98. The Morgan fingerprint density at radius 3 is 2.78 bits per heavy atom. The third kappa shape index (κ3) is 2.84. The van der Waals surface area contributed by atoms with Crippen LogP contribution in [0.25, 0.3) is 0 Å². The molecular weight excluding hydrogens is 228 g/mol. The summed E-state index contributed by atoms with van der Waals surface area (Å²) in [6, 6.07) is 5.94. The Balaban J connectivity index is 2.14. The zero-order chi connectivity index (χ0) is 13.3. The van der Waals surface area contributed by atoms with Gasteiger partial charge in [0, 0.05) is 6.42 Å². The Hall–Kier alpha value is -1.51. The van der Waals surface area contributed by atoms with Crippen LogP contribution in [0.15, 0.2) is 18.2 Å². The average Bonchev–Trinajstić information content (AvgIpc) is 2.72. The summed E-state index contributed by atoms with van der Waals surface area (Å²) in [5.74, 6) is 0.520. The number of carbonyl (C=O) groups excluding carboxylic acids is 1. The van der Waals surface area contributed by atoms with Crippen molar-refractivity contribution in [2.45, 2.75) is 45.6 Å². The Labute approximate surface area is 108 Å². The molecule has 0 N–H and O–H groups in total. The van der Waals surface area contributed by atoms with Crippen LogP contribution in [0.3, 0.4) is 0 Å². The van der Waals surface area contributed by atoms with Crippen molar-refractivity contribution >= 4 is 5.97 Å². The standard InChI is InChI=1S/C15H20O3/c1-10(14(16)18-15(2,3)4)11-5-6-13-12(9-11)7-8-17-13/h5-6,9-10H,7-8H2,1-4H3. The Morgan fingerprint density at radius 1 is 1.39 bits per heavy atom. The minimum Gasteiger partial charge on any atom is -0.493 e. The highest BCUT2D eigenvalue weighted by Crippen LogP contribution is 2.29. The molecule has 3 heteroatoms. The van der Waals surface area contributed by atoms with E-state index in [1.165, 1.54) is 5.56 Å². The first-order valence-corrected chi connectivity index (χ1v) is 6.35. The summed E-state index contributed by atoms with van der Waals surface area (Å²) in [5.41, 5.74) is 1.74. The molecule has 0 aliphatic carbocycles. The van der Waals surface area contributed by atoms with Crippen LogP contribution in [0.4, 0.5) is 0 Å². The van der Waals surface area contributed by atoms with E-state index in [-0.39, 0.29) is 11.9 Å². The zero-order valence-corrected chi connectivity index (χ0v) is 11.4. The first-order valence-electron chi connectivity index (χ1n) is 6.35. The minimum atomic E-state index is -0.439. The third-order valence-corrected chi connectivity index (χ3v) is 2.97. The predicted molar refractivity (Wildman–Crippen MR) is 69.9 cm³/mol. The van der Waals surface area contributed by atoms with Crippen LogP contribution >= 0.6 is 0 Å². The fraction of sp³-hybridized carbons (Fsp3) is 0.533. The normalized spacial score (nSPS) is 15.8. The minimum absolute atomic E-state index is 0.179. The van der Waals surface area contributed by atoms with Crippen LogP contribution in [0.5, 0.6) is 5.75 Å². The number of hydrogen-bond acceptors (Lipinski definition) is 3. The Kier molecular flexibility index (Phi) is 3.33. The van der Waals surface area contributed by atoms with Gasteiger partial charge in [-0.3, -0.25) is 4.79 Å². The predicted octanol–water partition coefficient (Wildman–Crippen LogP) is 3.07. The maximum atomic E-state index is 12.0. The zero-order valence-electron chi connectivity index (χ0n) is 11.4. The summed E-state index contributed by atoms with van der Waals surface area (Å²) < 4.78 is 10.9. The number of ether oxygens (including phenoxy) is 2. The lowest BCUT2D eigenvalue weighted by Gasteiger charge is -2.22. The molecule has 1 heterocycles. The van der Waals surface area contributed by atoms with Crippen molar-refractivity contribution in [3.05, 3.63) is 29.3 Å². The summed E-state index contributed by atoms with van der Waals surface area (Å²) in [5, 5.41) is 0. The molecule has 1 aliphatic heterocycles. The quantitative estimate of drug-likeness (QED) is 0.754. The monoisotopic (exact) mass is 248 g/mol. The van der Waals surface area contributed by atoms with Gasteiger partial charge in [-0.25, -0.2) is 0 Å². The maximum Gasteiger partial charge on any atom is 0.313 e. The van der Waals surface area contributed by atoms with E-state index >= 15 is 0 Å². The first-order chi connectivity index (χ1) is 8.37. The van der Waals surface area contributed by atoms with Crippen LogP contribution in [0.1, 0.15) is 44.7 Å². The molecule has 0 bridgehead atoms. The van der Waals surface area contributed by atoms with E-state index in [9.17, 15) is 4.79 Å². The van der Waals surface area contributed by atoms with Crippen LogP contribution < -0.4 is 4.74 Å². The molecular formula is C15H20O3. The van der Waals surface area contributed by atoms with Crippen molar-refractivity contribution in [1.29, 1.82) is 0 Å². The molecule has 1 atom stereocenters. The van der Waals surface area contributed by atoms with Crippen molar-refractivity contribution in [2.24, 2.45) is 0 Å². The summed E-state index contributed by atoms with van der Waals surface area (Å²) in [4.78, 5) is 12.0. The first kappa shape index (κ1) is 12.9. The average molecular weight is 248 g/mol. The smallest absolute Gasteiger partial charge is 0.313 e. The molecule has 0 fully saturated rings. The van der Waals surface area contributed by atoms with E-state index in [1.54, 1.807) is 0 Å². The van der Waals surface area contributed by atoms with Gasteiger partial charge in [-0.2, -0.15) is 0 Å². The molecule has 0 amide bonds. The highest BCUT2D eigenvalue weighted by Gasteiger charge is 2.24. The van der Waals surface area contributed by atoms with Crippen molar-refractivity contribution in [3.63, 3.8) is 0 Å². The molecule has 0 spiro atoms. The number of rotatable bonds is 2. The number of esters is 1. The van der Waals surface area contributed by atoms with Gasteiger partial charge in [0.05, 0.1) is 12.5 Å². The van der Waals surface area contributed by atoms with Gasteiger partial charge in [-0.05, 0) is 44.9 Å². The molecule has 0 radical (unpaired) electrons. The van der Waals surface area contributed by atoms with E-state index in [2.05, 4.69) is 6.07 Å². The van der Waals surface area contributed by atoms with Gasteiger partial charge < -0.3 is 9.47 Å². The number of fused-ring (bicyclic) bond motifs is 1. The molecule has 18 heavy (non-hydrogen) atoms. The Bertz CT molecular complexity index is 457. The van der Waals surface area contributed by atoms with Gasteiger partial charge in [0.2, 0.25) is 0 Å². The van der Waals surface area contributed by atoms with Crippen LogP contribution in [-0.4, -0.2) is 18.2 Å². The fourth-order valence-corrected chi connectivity index (χ4v) is 2.00. The molecule has 1 aromatic carbocycles. The molecule has 2 rings (SSSR count). The van der Waals surface area contributed by atoms with E-state index in [0.29, 0.717) is 0 Å². The highest BCUT2D eigenvalue weighted by molar-refractivity contribution is 5.78. The molecule has 3 nitrogen and oxygen atoms in total. The lowest BCUT2D eigenvalue weighted by Crippen LogP contribution is -2.26. The molecule has 0 saturated carbocycles. The maximum absolute atomic E-state index is 12.0. The summed E-state index contributed by atoms with van der Waals surface area (Å²) in [6.45, 7) is 8.27. The van der Waals surface area contributed by atoms with Gasteiger partial charge >= 0.3 is 5.97 Å². The molecule has 0 saturated heterocycles. The largest absolute Gasteiger partial charge is 0.493 e. The van der Waals surface area contributed by atoms with Gasteiger partial charge in [-0.1, -0.05) is 12.1 Å². The van der Waals surface area contributed by atoms with Gasteiger partial charge in [0.15, 0.2) is 0 Å². The lowest BCUT2D eigenvalue weighted by molar-refractivity contribution is -0.156. The molecule has 0 aromatic heterocycles. The number of carbonyl (C=O) groups is 1. The molecule has 1 aromatic rings. The summed E-state index contributed by atoms with van der Waals surface area (Å²) in [6.07, 6.45) is 0.921. The molecule has 1 unspecified atom stereocenters. The molecule has 98 valence electrons. The van der Waals surface area contributed by atoms with Crippen LogP contribution in [0, 0.1) is 0 Å². The SMILES string of the molecule is CC(C(=O)OC(C)(C)C)c1ccc2c(c1)CCO2. The van der Waals surface area contributed by atoms with Crippen molar-refractivity contribution in [2.75, 3.05) is 6.61 Å². The molecule has 1 aliphatic rings. The fourth-order valence-electron chi connectivity index (χ4n) is 2.00. The van der Waals surface area contributed by atoms with E-state index in [4.69, 9.17) is 9.47 Å². The van der Waals surface area contributed by atoms with Crippen molar-refractivity contribution in [3.8, 4) is 5.75 Å². The third-order valence-electron chi connectivity index (χ3n) is 2.97. The second kappa shape index (κ2) is 4.63. The van der Waals surface area contributed by atoms with Gasteiger partial charge in [0.25, 0.3) is 0 Å². The van der Waals surface area contributed by atoms with Gasteiger partial charge in [-0.15, -0.1) is 0 Å². The number of hydrogen-bond donors (Lipinski definition) is 0. The summed E-state index contributed by atoms with van der Waals surface area (Å²) >= 11 is 0. The van der Waals surface area contributed by atoms with E-state index in [0.717, 1.165) is 24.3 Å². The Morgan fingerprint density at radius 2 is 2.11 bits per heavy atom. The van der Waals surface area contributed by atoms with Gasteiger partial charge in [0.1, 0.15) is 11.4 Å². The number of benzene rings is 1. The topological polar surface area (TPSA) is 35.5 Å². The van der Waals surface area contributed by atoms with Crippen molar-refractivity contribution in [1.82, 2.24) is 0 Å². The van der Waals surface area contributed by atoms with Crippen molar-refractivity contribution < 1.29 is 14.3 Å². The second-order valence-corrected chi connectivity index (χ2v) is 5.72. The van der Waals surface area contributed by atoms with Crippen LogP contribution in [0.2, 0.25) is 0 Å². The van der Waals surface area contributed by atoms with E-state index in [1.807, 2.05) is 39.8 Å².